The fraction of sp³-hybridized carbons (Fsp3) is 0.125. The standard InChI is InChI=1S/C32H28N2O6S/c1-4-23-6-5-7-26(18-23)25-12-10-24(11-13-25)20-34(27-14-17-29(32(37)38)30(35)19-27)31(36)21-33(3)41(39,40)28-15-8-22(2)9-16-28/h1,5-19,35H,20-21H2,2-3H3,(H,37,38). The third-order valence-corrected chi connectivity index (χ3v) is 8.39. The molecule has 208 valence electrons. The second-order valence-corrected chi connectivity index (χ2v) is 11.5. The Hall–Kier alpha value is -4.91. The number of carbonyl (C=O) groups is 2. The number of anilines is 1. The summed E-state index contributed by atoms with van der Waals surface area (Å²) in [6.45, 7) is 1.38. The molecule has 1 amide bonds. The molecule has 0 aliphatic rings. The van der Waals surface area contributed by atoms with Gasteiger partial charge in [0.15, 0.2) is 0 Å². The van der Waals surface area contributed by atoms with E-state index in [4.69, 9.17) is 6.42 Å². The van der Waals surface area contributed by atoms with Crippen LogP contribution in [0.15, 0.2) is 95.9 Å². The summed E-state index contributed by atoms with van der Waals surface area (Å²) in [5.74, 6) is 0.203. The molecule has 9 heteroatoms. The van der Waals surface area contributed by atoms with E-state index in [1.165, 1.54) is 42.3 Å². The summed E-state index contributed by atoms with van der Waals surface area (Å²) in [4.78, 5) is 26.3. The minimum absolute atomic E-state index is 0.0355. The van der Waals surface area contributed by atoms with Crippen molar-refractivity contribution in [3.63, 3.8) is 0 Å². The third kappa shape index (κ3) is 6.64. The number of hydrogen-bond acceptors (Lipinski definition) is 5. The van der Waals surface area contributed by atoms with Gasteiger partial charge in [0.1, 0.15) is 11.3 Å². The molecule has 0 aliphatic carbocycles. The molecular weight excluding hydrogens is 540 g/mol. The highest BCUT2D eigenvalue weighted by Gasteiger charge is 2.27. The van der Waals surface area contributed by atoms with Crippen LogP contribution in [0.4, 0.5) is 5.69 Å². The Balaban J connectivity index is 1.64. The number of amides is 1. The summed E-state index contributed by atoms with van der Waals surface area (Å²) < 4.78 is 27.2. The average Bonchev–Trinajstić information content (AvgIpc) is 2.96. The number of aryl methyl sites for hydroxylation is 1. The maximum Gasteiger partial charge on any atom is 0.339 e. The monoisotopic (exact) mass is 568 g/mol. The summed E-state index contributed by atoms with van der Waals surface area (Å²) in [5.41, 5.74) is 4.10. The van der Waals surface area contributed by atoms with E-state index in [9.17, 15) is 28.2 Å². The van der Waals surface area contributed by atoms with Gasteiger partial charge in [-0.05, 0) is 60.0 Å². The van der Waals surface area contributed by atoms with Gasteiger partial charge in [-0.3, -0.25) is 4.79 Å². The second kappa shape index (κ2) is 12.1. The topological polar surface area (TPSA) is 115 Å². The Morgan fingerprint density at radius 3 is 2.20 bits per heavy atom. The van der Waals surface area contributed by atoms with Gasteiger partial charge in [-0.2, -0.15) is 4.31 Å². The Morgan fingerprint density at radius 2 is 1.59 bits per heavy atom. The lowest BCUT2D eigenvalue weighted by atomic mass is 10.0. The lowest BCUT2D eigenvalue weighted by molar-refractivity contribution is -0.118. The highest BCUT2D eigenvalue weighted by Crippen LogP contribution is 2.28. The number of benzene rings is 4. The van der Waals surface area contributed by atoms with E-state index in [1.807, 2.05) is 55.5 Å². The van der Waals surface area contributed by atoms with Crippen molar-refractivity contribution in [3.05, 3.63) is 113 Å². The zero-order valence-corrected chi connectivity index (χ0v) is 23.3. The summed E-state index contributed by atoms with van der Waals surface area (Å²) in [6.07, 6.45) is 5.52. The minimum Gasteiger partial charge on any atom is -0.507 e. The number of aromatic hydroxyl groups is 1. The van der Waals surface area contributed by atoms with Gasteiger partial charge < -0.3 is 15.1 Å². The molecule has 2 N–H and O–H groups in total. The molecule has 0 saturated heterocycles. The van der Waals surface area contributed by atoms with Crippen molar-refractivity contribution in [1.29, 1.82) is 0 Å². The van der Waals surface area contributed by atoms with Gasteiger partial charge in [0.2, 0.25) is 15.9 Å². The predicted octanol–water partition coefficient (Wildman–Crippen LogP) is 4.90. The van der Waals surface area contributed by atoms with Gasteiger partial charge in [0, 0.05) is 24.4 Å². The van der Waals surface area contributed by atoms with E-state index >= 15 is 0 Å². The van der Waals surface area contributed by atoms with E-state index in [0.717, 1.165) is 32.1 Å². The second-order valence-electron chi connectivity index (χ2n) is 9.48. The largest absolute Gasteiger partial charge is 0.507 e. The van der Waals surface area contributed by atoms with Crippen LogP contribution in [0.1, 0.15) is 27.0 Å². The number of aromatic carboxylic acids is 1. The number of phenols is 1. The molecule has 0 heterocycles. The van der Waals surface area contributed by atoms with Crippen molar-refractivity contribution >= 4 is 27.6 Å². The molecule has 0 spiro atoms. The van der Waals surface area contributed by atoms with Crippen LogP contribution >= 0.6 is 0 Å². The first-order chi connectivity index (χ1) is 19.5. The van der Waals surface area contributed by atoms with Crippen LogP contribution in [0, 0.1) is 19.3 Å². The van der Waals surface area contributed by atoms with E-state index in [1.54, 1.807) is 12.1 Å². The normalized spacial score (nSPS) is 11.2. The number of likely N-dealkylation sites (N-methyl/N-ethyl adjacent to an activating group) is 1. The predicted molar refractivity (Wildman–Crippen MR) is 157 cm³/mol. The summed E-state index contributed by atoms with van der Waals surface area (Å²) >= 11 is 0. The molecule has 0 bridgehead atoms. The number of hydrogen-bond donors (Lipinski definition) is 2. The Bertz CT molecular complexity index is 1740. The van der Waals surface area contributed by atoms with Crippen LogP contribution in [0.5, 0.6) is 5.75 Å². The van der Waals surface area contributed by atoms with E-state index in [0.29, 0.717) is 0 Å². The van der Waals surface area contributed by atoms with E-state index in [2.05, 4.69) is 5.92 Å². The zero-order valence-electron chi connectivity index (χ0n) is 22.5. The Kier molecular flexibility index (Phi) is 8.57. The highest BCUT2D eigenvalue weighted by molar-refractivity contribution is 7.89. The number of carbonyl (C=O) groups excluding carboxylic acids is 1. The SMILES string of the molecule is C#Cc1cccc(-c2ccc(CN(C(=O)CN(C)S(=O)(=O)c3ccc(C)cc3)c3ccc(C(=O)O)c(O)c3)cc2)c1. The molecule has 0 aromatic heterocycles. The molecule has 8 nitrogen and oxygen atoms in total. The first-order valence-electron chi connectivity index (χ1n) is 12.6. The van der Waals surface area contributed by atoms with Crippen molar-refractivity contribution in [2.75, 3.05) is 18.5 Å². The molecule has 0 unspecified atom stereocenters. The molecule has 0 fully saturated rings. The quantitative estimate of drug-likeness (QED) is 0.278. The summed E-state index contributed by atoms with van der Waals surface area (Å²) in [5, 5.41) is 19.6. The third-order valence-electron chi connectivity index (χ3n) is 6.57. The fourth-order valence-corrected chi connectivity index (χ4v) is 5.34. The first-order valence-corrected chi connectivity index (χ1v) is 14.0. The van der Waals surface area contributed by atoms with Crippen LogP contribution in [-0.4, -0.2) is 48.4 Å². The Labute approximate surface area is 239 Å². The average molecular weight is 569 g/mol. The van der Waals surface area contributed by atoms with Gasteiger partial charge in [-0.15, -0.1) is 6.42 Å². The Morgan fingerprint density at radius 1 is 0.902 bits per heavy atom. The first kappa shape index (κ1) is 29.1. The summed E-state index contributed by atoms with van der Waals surface area (Å²) in [7, 11) is -2.65. The maximum absolute atomic E-state index is 13.6. The molecule has 4 rings (SSSR count). The van der Waals surface area contributed by atoms with Crippen molar-refractivity contribution in [2.24, 2.45) is 0 Å². The number of terminal acetylenes is 1. The molecule has 0 saturated carbocycles. The van der Waals surface area contributed by atoms with Crippen LogP contribution in [0.25, 0.3) is 11.1 Å². The number of carboxylic acids is 1. The van der Waals surface area contributed by atoms with Gasteiger partial charge in [0.25, 0.3) is 0 Å². The fourth-order valence-electron chi connectivity index (χ4n) is 4.22. The lowest BCUT2D eigenvalue weighted by Crippen LogP contribution is -2.41. The van der Waals surface area contributed by atoms with Gasteiger partial charge >= 0.3 is 5.97 Å². The number of sulfonamides is 1. The van der Waals surface area contributed by atoms with Gasteiger partial charge in [-0.25, -0.2) is 13.2 Å². The van der Waals surface area contributed by atoms with Crippen molar-refractivity contribution in [1.82, 2.24) is 4.31 Å². The maximum atomic E-state index is 13.6. The zero-order chi connectivity index (χ0) is 29.7. The van der Waals surface area contributed by atoms with E-state index in [-0.39, 0.29) is 22.7 Å². The molecule has 0 atom stereocenters. The lowest BCUT2D eigenvalue weighted by Gasteiger charge is -2.26. The molecular formula is C32H28N2O6S. The minimum atomic E-state index is -3.96. The van der Waals surface area contributed by atoms with Crippen LogP contribution in [0.2, 0.25) is 0 Å². The van der Waals surface area contributed by atoms with Crippen molar-refractivity contribution in [3.8, 4) is 29.2 Å². The molecule has 0 aliphatic heterocycles. The number of nitrogens with zero attached hydrogens (tertiary/aromatic N) is 2. The summed E-state index contributed by atoms with van der Waals surface area (Å²) in [6, 6.07) is 25.0. The van der Waals surface area contributed by atoms with Crippen molar-refractivity contribution in [2.45, 2.75) is 18.4 Å². The molecule has 0 radical (unpaired) electrons. The molecule has 4 aromatic carbocycles. The van der Waals surface area contributed by atoms with E-state index < -0.39 is 34.2 Å². The van der Waals surface area contributed by atoms with Gasteiger partial charge in [0.05, 0.1) is 18.0 Å². The molecule has 41 heavy (non-hydrogen) atoms. The van der Waals surface area contributed by atoms with Crippen LogP contribution in [-0.2, 0) is 21.4 Å². The number of carboxylic acid groups (broad SMARTS) is 1. The van der Waals surface area contributed by atoms with Crippen molar-refractivity contribution < 1.29 is 28.2 Å². The molecule has 4 aromatic rings. The number of rotatable bonds is 9. The smallest absolute Gasteiger partial charge is 0.339 e. The van der Waals surface area contributed by atoms with Gasteiger partial charge in [-0.1, -0.05) is 60.0 Å². The van der Waals surface area contributed by atoms with Crippen LogP contribution in [0.3, 0.4) is 0 Å². The highest BCUT2D eigenvalue weighted by atomic mass is 32.2. The van der Waals surface area contributed by atoms with Crippen LogP contribution < -0.4 is 4.90 Å².